The van der Waals surface area contributed by atoms with E-state index < -0.39 is 11.2 Å². The molecule has 3 aromatic rings. The number of methoxy groups -OCH3 is 4. The van der Waals surface area contributed by atoms with Gasteiger partial charge in [0.15, 0.2) is 17.3 Å². The molecule has 0 amide bonds. The summed E-state index contributed by atoms with van der Waals surface area (Å²) in [6.45, 7) is 1.86. The van der Waals surface area contributed by atoms with Gasteiger partial charge in [-0.15, -0.1) is 0 Å². The Bertz CT molecular complexity index is 1040. The van der Waals surface area contributed by atoms with Crippen molar-refractivity contribution in [1.29, 1.82) is 0 Å². The van der Waals surface area contributed by atoms with Gasteiger partial charge in [-0.25, -0.2) is 0 Å². The minimum Gasteiger partial charge on any atom is -0.502 e. The summed E-state index contributed by atoms with van der Waals surface area (Å²) in [6, 6.07) is 6.61. The van der Waals surface area contributed by atoms with E-state index >= 15 is 0 Å². The average molecular weight is 372 g/mol. The van der Waals surface area contributed by atoms with E-state index in [4.69, 9.17) is 23.4 Å². The van der Waals surface area contributed by atoms with Gasteiger partial charge in [-0.2, -0.15) is 0 Å². The average Bonchev–Trinajstić information content (AvgIpc) is 2.68. The Kier molecular flexibility index (Phi) is 4.85. The quantitative estimate of drug-likeness (QED) is 0.733. The predicted octanol–water partition coefficient (Wildman–Crippen LogP) is 3.51. The number of rotatable bonds is 5. The van der Waals surface area contributed by atoms with E-state index in [0.29, 0.717) is 34.1 Å². The highest BCUT2D eigenvalue weighted by Gasteiger charge is 2.22. The van der Waals surface area contributed by atoms with Crippen LogP contribution in [-0.4, -0.2) is 33.5 Å². The fraction of sp³-hybridized carbons (Fsp3) is 0.250. The summed E-state index contributed by atoms with van der Waals surface area (Å²) >= 11 is 0. The number of hydrogen-bond acceptors (Lipinski definition) is 7. The highest BCUT2D eigenvalue weighted by Crippen LogP contribution is 2.43. The molecule has 1 aromatic heterocycles. The van der Waals surface area contributed by atoms with Crippen molar-refractivity contribution >= 4 is 11.0 Å². The Morgan fingerprint density at radius 1 is 0.852 bits per heavy atom. The van der Waals surface area contributed by atoms with Crippen LogP contribution in [0, 0.1) is 6.92 Å². The fourth-order valence-electron chi connectivity index (χ4n) is 2.97. The standard InChI is InChI=1S/C20H20O7/c1-10-6-12(23-2)16-13(7-10)27-19(18(22)17(16)21)11-8-14(24-3)20(26-5)15(9-11)25-4/h6-9,22H,1-5H3. The second-order valence-electron chi connectivity index (χ2n) is 5.86. The van der Waals surface area contributed by atoms with Crippen LogP contribution in [0.25, 0.3) is 22.3 Å². The molecular formula is C20H20O7. The van der Waals surface area contributed by atoms with Gasteiger partial charge in [0.25, 0.3) is 0 Å². The summed E-state index contributed by atoms with van der Waals surface area (Å²) in [5, 5.41) is 10.7. The van der Waals surface area contributed by atoms with Crippen LogP contribution >= 0.6 is 0 Å². The van der Waals surface area contributed by atoms with Crippen LogP contribution in [-0.2, 0) is 0 Å². The predicted molar refractivity (Wildman–Crippen MR) is 101 cm³/mol. The van der Waals surface area contributed by atoms with E-state index in [1.807, 2.05) is 6.92 Å². The van der Waals surface area contributed by atoms with Gasteiger partial charge in [0, 0.05) is 5.56 Å². The van der Waals surface area contributed by atoms with E-state index in [9.17, 15) is 9.90 Å². The van der Waals surface area contributed by atoms with Gasteiger partial charge in [0.05, 0.1) is 28.4 Å². The molecule has 0 saturated carbocycles. The molecule has 2 aromatic carbocycles. The van der Waals surface area contributed by atoms with Crippen LogP contribution in [0.2, 0.25) is 0 Å². The van der Waals surface area contributed by atoms with Crippen LogP contribution in [0.4, 0.5) is 0 Å². The Morgan fingerprint density at radius 3 is 1.96 bits per heavy atom. The molecule has 0 aliphatic carbocycles. The molecule has 142 valence electrons. The molecule has 1 N–H and O–H groups in total. The van der Waals surface area contributed by atoms with Gasteiger partial charge < -0.3 is 28.5 Å². The lowest BCUT2D eigenvalue weighted by atomic mass is 10.1. The topological polar surface area (TPSA) is 87.4 Å². The van der Waals surface area contributed by atoms with Crippen molar-refractivity contribution in [2.24, 2.45) is 0 Å². The first kappa shape index (κ1) is 18.4. The maximum absolute atomic E-state index is 12.8. The summed E-state index contributed by atoms with van der Waals surface area (Å²) in [6.07, 6.45) is 0. The van der Waals surface area contributed by atoms with E-state index in [1.165, 1.54) is 28.4 Å². The summed E-state index contributed by atoms with van der Waals surface area (Å²) in [7, 11) is 5.90. The zero-order chi connectivity index (χ0) is 19.7. The number of hydrogen-bond donors (Lipinski definition) is 1. The maximum Gasteiger partial charge on any atom is 0.238 e. The molecule has 0 radical (unpaired) electrons. The second-order valence-corrected chi connectivity index (χ2v) is 5.86. The molecule has 0 fully saturated rings. The third-order valence-corrected chi connectivity index (χ3v) is 4.23. The minimum absolute atomic E-state index is 0.000550. The van der Waals surface area contributed by atoms with Crippen LogP contribution in [0.5, 0.6) is 28.7 Å². The van der Waals surface area contributed by atoms with Gasteiger partial charge in [0.1, 0.15) is 16.7 Å². The highest BCUT2D eigenvalue weighted by molar-refractivity contribution is 5.88. The first-order valence-corrected chi connectivity index (χ1v) is 8.09. The van der Waals surface area contributed by atoms with Crippen molar-refractivity contribution in [2.75, 3.05) is 28.4 Å². The number of fused-ring (bicyclic) bond motifs is 1. The van der Waals surface area contributed by atoms with Crippen molar-refractivity contribution in [2.45, 2.75) is 6.92 Å². The Morgan fingerprint density at radius 2 is 1.44 bits per heavy atom. The Hall–Kier alpha value is -3.35. The molecule has 0 unspecified atom stereocenters. The van der Waals surface area contributed by atoms with E-state index in [-0.39, 0.29) is 11.1 Å². The number of aromatic hydroxyl groups is 1. The maximum atomic E-state index is 12.8. The normalized spacial score (nSPS) is 10.7. The van der Waals surface area contributed by atoms with Gasteiger partial charge in [-0.1, -0.05) is 0 Å². The first-order chi connectivity index (χ1) is 12.9. The molecular weight excluding hydrogens is 352 g/mol. The summed E-state index contributed by atoms with van der Waals surface area (Å²) < 4.78 is 27.1. The smallest absolute Gasteiger partial charge is 0.238 e. The lowest BCUT2D eigenvalue weighted by molar-refractivity contribution is 0.324. The Balaban J connectivity index is 2.36. The van der Waals surface area contributed by atoms with Crippen molar-refractivity contribution in [3.8, 4) is 40.1 Å². The minimum atomic E-state index is -0.586. The number of ether oxygens (including phenoxy) is 4. The monoisotopic (exact) mass is 372 g/mol. The summed E-state index contributed by atoms with van der Waals surface area (Å²) in [5.74, 6) is 0.944. The van der Waals surface area contributed by atoms with Crippen molar-refractivity contribution in [3.05, 3.63) is 40.1 Å². The summed E-state index contributed by atoms with van der Waals surface area (Å²) in [5.41, 5.74) is 0.973. The fourth-order valence-corrected chi connectivity index (χ4v) is 2.97. The molecule has 7 nitrogen and oxygen atoms in total. The van der Waals surface area contributed by atoms with Crippen LogP contribution in [0.1, 0.15) is 5.56 Å². The van der Waals surface area contributed by atoms with Crippen molar-refractivity contribution in [1.82, 2.24) is 0 Å². The number of aryl methyl sites for hydroxylation is 1. The largest absolute Gasteiger partial charge is 0.502 e. The molecule has 0 aliphatic heterocycles. The van der Waals surface area contributed by atoms with Crippen LogP contribution < -0.4 is 24.4 Å². The number of benzene rings is 2. The van der Waals surface area contributed by atoms with Crippen LogP contribution in [0.15, 0.2) is 33.5 Å². The Labute approximate surface area is 155 Å². The van der Waals surface area contributed by atoms with Gasteiger partial charge in [0.2, 0.25) is 16.9 Å². The molecule has 0 atom stereocenters. The van der Waals surface area contributed by atoms with Gasteiger partial charge >= 0.3 is 0 Å². The van der Waals surface area contributed by atoms with Crippen LogP contribution in [0.3, 0.4) is 0 Å². The van der Waals surface area contributed by atoms with Crippen molar-refractivity contribution < 1.29 is 28.5 Å². The van der Waals surface area contributed by atoms with E-state index in [1.54, 1.807) is 24.3 Å². The first-order valence-electron chi connectivity index (χ1n) is 8.09. The van der Waals surface area contributed by atoms with Gasteiger partial charge in [-0.05, 0) is 36.8 Å². The molecule has 0 spiro atoms. The lowest BCUT2D eigenvalue weighted by Crippen LogP contribution is -2.05. The summed E-state index contributed by atoms with van der Waals surface area (Å²) in [4.78, 5) is 12.8. The zero-order valence-electron chi connectivity index (χ0n) is 15.7. The van der Waals surface area contributed by atoms with Crippen molar-refractivity contribution in [3.63, 3.8) is 0 Å². The third kappa shape index (κ3) is 3.01. The van der Waals surface area contributed by atoms with E-state index in [0.717, 1.165) is 5.56 Å². The molecule has 1 heterocycles. The third-order valence-electron chi connectivity index (χ3n) is 4.23. The lowest BCUT2D eigenvalue weighted by Gasteiger charge is -2.15. The second kappa shape index (κ2) is 7.11. The van der Waals surface area contributed by atoms with Gasteiger partial charge in [-0.3, -0.25) is 4.79 Å². The molecule has 27 heavy (non-hydrogen) atoms. The molecule has 0 aliphatic rings. The zero-order valence-corrected chi connectivity index (χ0v) is 15.7. The SMILES string of the molecule is COc1cc(-c2oc3cc(C)cc(OC)c3c(=O)c2O)cc(OC)c1OC. The molecule has 0 bridgehead atoms. The molecule has 0 saturated heterocycles. The molecule has 7 heteroatoms. The highest BCUT2D eigenvalue weighted by atomic mass is 16.5. The van der Waals surface area contributed by atoms with E-state index in [2.05, 4.69) is 0 Å². The molecule has 3 rings (SSSR count).